The molecule has 3 nitrogen and oxygen atoms in total. The Kier molecular flexibility index (Phi) is 4.66. The van der Waals surface area contributed by atoms with Crippen LogP contribution >= 0.6 is 12.4 Å². The van der Waals surface area contributed by atoms with Gasteiger partial charge in [-0.25, -0.2) is 0 Å². The van der Waals surface area contributed by atoms with Crippen molar-refractivity contribution in [3.8, 4) is 0 Å². The molecule has 4 saturated carbocycles. The van der Waals surface area contributed by atoms with E-state index in [9.17, 15) is 4.79 Å². The summed E-state index contributed by atoms with van der Waals surface area (Å²) in [4.78, 5) is 12.8. The fraction of sp³-hybridized carbons (Fsp3) is 0.941. The molecule has 0 spiro atoms. The summed E-state index contributed by atoms with van der Waals surface area (Å²) < 4.78 is 0. The van der Waals surface area contributed by atoms with Gasteiger partial charge in [-0.3, -0.25) is 4.79 Å². The number of halogens is 1. The first-order valence-corrected chi connectivity index (χ1v) is 8.32. The summed E-state index contributed by atoms with van der Waals surface area (Å²) in [5.74, 6) is 1.15. The van der Waals surface area contributed by atoms with Crippen molar-refractivity contribution in [1.29, 1.82) is 0 Å². The van der Waals surface area contributed by atoms with E-state index in [0.717, 1.165) is 44.7 Å². The Morgan fingerprint density at radius 3 is 2.19 bits per heavy atom. The van der Waals surface area contributed by atoms with Crippen LogP contribution in [-0.4, -0.2) is 26.0 Å². The molecule has 2 unspecified atom stereocenters. The van der Waals surface area contributed by atoms with E-state index < -0.39 is 0 Å². The Balaban J connectivity index is 0.00000161. The van der Waals surface area contributed by atoms with Gasteiger partial charge in [0.15, 0.2) is 0 Å². The van der Waals surface area contributed by atoms with Gasteiger partial charge in [0.25, 0.3) is 0 Å². The number of hydrogen-bond donors (Lipinski definition) is 2. The van der Waals surface area contributed by atoms with Crippen LogP contribution in [0.4, 0.5) is 0 Å². The van der Waals surface area contributed by atoms with Gasteiger partial charge in [0, 0.05) is 6.54 Å². The summed E-state index contributed by atoms with van der Waals surface area (Å²) in [5, 5.41) is 6.37. The molecule has 4 aliphatic rings. The van der Waals surface area contributed by atoms with E-state index in [0.29, 0.717) is 16.7 Å². The van der Waals surface area contributed by atoms with E-state index in [1.165, 1.54) is 19.3 Å². The summed E-state index contributed by atoms with van der Waals surface area (Å²) in [6, 6.07) is 0. The summed E-state index contributed by atoms with van der Waals surface area (Å²) in [7, 11) is 1.96. The maximum absolute atomic E-state index is 12.8. The summed E-state index contributed by atoms with van der Waals surface area (Å²) in [6.45, 7) is 6.66. The number of carbonyl (C=O) groups is 1. The van der Waals surface area contributed by atoms with E-state index >= 15 is 0 Å². The van der Waals surface area contributed by atoms with Crippen LogP contribution in [0, 0.1) is 22.2 Å². The molecule has 122 valence electrons. The third-order valence-corrected chi connectivity index (χ3v) is 6.00. The average molecular weight is 315 g/mol. The van der Waals surface area contributed by atoms with Crippen molar-refractivity contribution in [1.82, 2.24) is 10.6 Å². The van der Waals surface area contributed by atoms with E-state index in [1.807, 2.05) is 7.05 Å². The molecule has 2 N–H and O–H groups in total. The molecule has 0 aromatic heterocycles. The molecule has 0 saturated heterocycles. The first-order valence-electron chi connectivity index (χ1n) is 8.32. The zero-order valence-corrected chi connectivity index (χ0v) is 14.6. The molecular formula is C17H31ClN2O. The Morgan fingerprint density at radius 2 is 1.67 bits per heavy atom. The molecule has 0 radical (unpaired) electrons. The lowest BCUT2D eigenvalue weighted by Crippen LogP contribution is -2.59. The normalized spacial score (nSPS) is 43.5. The quantitative estimate of drug-likeness (QED) is 0.766. The molecule has 21 heavy (non-hydrogen) atoms. The van der Waals surface area contributed by atoms with Gasteiger partial charge in [-0.1, -0.05) is 13.8 Å². The molecule has 4 bridgehead atoms. The van der Waals surface area contributed by atoms with Crippen LogP contribution in [-0.2, 0) is 4.79 Å². The van der Waals surface area contributed by atoms with E-state index in [-0.39, 0.29) is 17.8 Å². The van der Waals surface area contributed by atoms with Crippen molar-refractivity contribution in [2.45, 2.75) is 58.8 Å². The van der Waals surface area contributed by atoms with Crippen LogP contribution < -0.4 is 10.6 Å². The number of amides is 1. The van der Waals surface area contributed by atoms with Crippen molar-refractivity contribution in [3.05, 3.63) is 0 Å². The van der Waals surface area contributed by atoms with Crippen LogP contribution in [0.25, 0.3) is 0 Å². The fourth-order valence-corrected chi connectivity index (χ4v) is 6.36. The topological polar surface area (TPSA) is 41.1 Å². The van der Waals surface area contributed by atoms with Gasteiger partial charge in [-0.05, 0) is 75.3 Å². The highest BCUT2D eigenvalue weighted by molar-refractivity contribution is 5.85. The molecule has 4 rings (SSSR count). The third-order valence-electron chi connectivity index (χ3n) is 6.00. The van der Waals surface area contributed by atoms with Gasteiger partial charge in [-0.15, -0.1) is 12.4 Å². The Morgan fingerprint density at radius 1 is 1.05 bits per heavy atom. The van der Waals surface area contributed by atoms with Crippen molar-refractivity contribution in [2.24, 2.45) is 22.2 Å². The predicted molar refractivity (Wildman–Crippen MR) is 88.6 cm³/mol. The maximum Gasteiger partial charge on any atom is 0.226 e. The number of rotatable bonds is 5. The van der Waals surface area contributed by atoms with Crippen LogP contribution in [0.15, 0.2) is 0 Å². The maximum atomic E-state index is 12.8. The van der Waals surface area contributed by atoms with Gasteiger partial charge >= 0.3 is 0 Å². The smallest absolute Gasteiger partial charge is 0.226 e. The molecule has 4 heteroatoms. The number of carbonyl (C=O) groups excluding carboxylic acids is 1. The summed E-state index contributed by atoms with van der Waals surface area (Å²) in [5.41, 5.74) is 0.815. The molecule has 0 heterocycles. The minimum Gasteiger partial charge on any atom is -0.356 e. The molecule has 2 atom stereocenters. The van der Waals surface area contributed by atoms with Gasteiger partial charge < -0.3 is 10.6 Å². The van der Waals surface area contributed by atoms with Crippen molar-refractivity contribution in [3.63, 3.8) is 0 Å². The van der Waals surface area contributed by atoms with Crippen LogP contribution in [0.3, 0.4) is 0 Å². The number of nitrogens with one attached hydrogen (secondary N) is 2. The third kappa shape index (κ3) is 3.10. The highest BCUT2D eigenvalue weighted by Crippen LogP contribution is 2.69. The Labute approximate surface area is 135 Å². The van der Waals surface area contributed by atoms with Gasteiger partial charge in [-0.2, -0.15) is 0 Å². The second-order valence-corrected chi connectivity index (χ2v) is 8.62. The molecule has 4 aliphatic carbocycles. The monoisotopic (exact) mass is 314 g/mol. The minimum absolute atomic E-state index is 0. The summed E-state index contributed by atoms with van der Waals surface area (Å²) >= 11 is 0. The zero-order chi connectivity index (χ0) is 14.4. The molecule has 0 aliphatic heterocycles. The van der Waals surface area contributed by atoms with Gasteiger partial charge in [0.2, 0.25) is 5.91 Å². The molecule has 4 fully saturated rings. The van der Waals surface area contributed by atoms with E-state index in [4.69, 9.17) is 0 Å². The second kappa shape index (κ2) is 5.73. The Bertz CT molecular complexity index is 394. The molecule has 0 aromatic rings. The fourth-order valence-electron chi connectivity index (χ4n) is 6.36. The first kappa shape index (κ1) is 17.1. The second-order valence-electron chi connectivity index (χ2n) is 8.62. The van der Waals surface area contributed by atoms with Gasteiger partial charge in [0.1, 0.15) is 0 Å². The first-order chi connectivity index (χ1) is 9.39. The zero-order valence-electron chi connectivity index (χ0n) is 13.8. The Hall–Kier alpha value is -0.280. The lowest BCUT2D eigenvalue weighted by atomic mass is 9.40. The molecular weight excluding hydrogens is 284 g/mol. The van der Waals surface area contributed by atoms with E-state index in [2.05, 4.69) is 24.5 Å². The van der Waals surface area contributed by atoms with E-state index in [1.54, 1.807) is 0 Å². The van der Waals surface area contributed by atoms with Crippen molar-refractivity contribution in [2.75, 3.05) is 20.1 Å². The highest BCUT2D eigenvalue weighted by Gasteiger charge is 2.62. The van der Waals surface area contributed by atoms with Crippen molar-refractivity contribution < 1.29 is 4.79 Å². The largest absolute Gasteiger partial charge is 0.356 e. The lowest BCUT2D eigenvalue weighted by Gasteiger charge is -2.64. The van der Waals surface area contributed by atoms with Crippen LogP contribution in [0.1, 0.15) is 58.8 Å². The van der Waals surface area contributed by atoms with Gasteiger partial charge in [0.05, 0.1) is 5.41 Å². The summed E-state index contributed by atoms with van der Waals surface area (Å²) in [6.07, 6.45) is 8.49. The standard InChI is InChI=1S/C17H30N2O.ClH/c1-15-7-13-8-16(2,10-15)12-17(9-13,11-15)14(20)19-6-4-5-18-3;/h13,18H,4-12H2,1-3H3,(H,19,20);1H. The lowest BCUT2D eigenvalue weighted by molar-refractivity contribution is -0.170. The minimum atomic E-state index is -0.0391. The van der Waals surface area contributed by atoms with Crippen molar-refractivity contribution >= 4 is 18.3 Å². The average Bonchev–Trinajstić information content (AvgIpc) is 2.29. The molecule has 1 amide bonds. The SMILES string of the molecule is CNCCCNC(=O)C12CC3CC(C)(CC(C)(C3)C1)C2.Cl. The predicted octanol–water partition coefficient (Wildman–Crippen LogP) is 3.13. The molecule has 0 aromatic carbocycles. The number of hydrogen-bond acceptors (Lipinski definition) is 2. The van der Waals surface area contributed by atoms with Crippen LogP contribution in [0.5, 0.6) is 0 Å². The van der Waals surface area contributed by atoms with Crippen LogP contribution in [0.2, 0.25) is 0 Å². The highest BCUT2D eigenvalue weighted by atomic mass is 35.5.